The van der Waals surface area contributed by atoms with Crippen molar-refractivity contribution in [3.63, 3.8) is 0 Å². The first kappa shape index (κ1) is 15.1. The third-order valence-corrected chi connectivity index (χ3v) is 3.47. The fourth-order valence-corrected chi connectivity index (χ4v) is 2.34. The number of halogens is 1. The summed E-state index contributed by atoms with van der Waals surface area (Å²) in [6, 6.07) is 1.74. The van der Waals surface area contributed by atoms with Crippen LogP contribution >= 0.6 is 11.6 Å². The molecule has 2 rings (SSSR count). The van der Waals surface area contributed by atoms with E-state index in [1.165, 1.54) is 0 Å². The van der Waals surface area contributed by atoms with E-state index in [0.717, 1.165) is 19.4 Å². The topological polar surface area (TPSA) is 51.7 Å². The largest absolute Gasteiger partial charge is 0.487 e. The maximum absolute atomic E-state index is 11.9. The Hall–Kier alpha value is -1.33. The molecule has 2 heterocycles. The van der Waals surface area contributed by atoms with Gasteiger partial charge in [0.2, 0.25) is 5.91 Å². The number of aromatic nitrogens is 1. The molecule has 1 saturated heterocycles. The molecule has 1 amide bonds. The van der Waals surface area contributed by atoms with Gasteiger partial charge in [0.05, 0.1) is 6.54 Å². The van der Waals surface area contributed by atoms with E-state index < -0.39 is 0 Å². The minimum absolute atomic E-state index is 0.0148. The van der Waals surface area contributed by atoms with Crippen LogP contribution in [0.15, 0.2) is 18.5 Å². The molecular formula is C14H19ClN2O3. The first-order valence-electron chi connectivity index (χ1n) is 6.82. The molecule has 6 heteroatoms. The molecule has 1 aromatic heterocycles. The molecule has 1 fully saturated rings. The smallest absolute Gasteiger partial charge is 0.248 e. The molecule has 0 saturated carbocycles. The van der Waals surface area contributed by atoms with Crippen LogP contribution in [0.3, 0.4) is 0 Å². The van der Waals surface area contributed by atoms with E-state index in [-0.39, 0.29) is 18.6 Å². The molecule has 1 aromatic rings. The number of ether oxygens (including phenoxy) is 2. The zero-order valence-corrected chi connectivity index (χ0v) is 12.3. The Balaban J connectivity index is 1.90. The van der Waals surface area contributed by atoms with Gasteiger partial charge in [0.1, 0.15) is 23.5 Å². The number of likely N-dealkylation sites (tertiary alicyclic amines) is 1. The Morgan fingerprint density at radius 3 is 3.20 bits per heavy atom. The van der Waals surface area contributed by atoms with Gasteiger partial charge < -0.3 is 14.4 Å². The van der Waals surface area contributed by atoms with Crippen molar-refractivity contribution in [2.45, 2.75) is 25.9 Å². The van der Waals surface area contributed by atoms with Gasteiger partial charge in [-0.2, -0.15) is 0 Å². The second-order valence-electron chi connectivity index (χ2n) is 4.67. The maximum atomic E-state index is 11.9. The molecule has 1 aliphatic rings. The third kappa shape index (κ3) is 4.08. The summed E-state index contributed by atoms with van der Waals surface area (Å²) in [5.74, 6) is 0.631. The lowest BCUT2D eigenvalue weighted by atomic mass is 10.1. The van der Waals surface area contributed by atoms with Gasteiger partial charge in [0.25, 0.3) is 0 Å². The monoisotopic (exact) mass is 298 g/mol. The van der Waals surface area contributed by atoms with Crippen LogP contribution in [0, 0.1) is 0 Å². The summed E-state index contributed by atoms with van der Waals surface area (Å²) in [6.45, 7) is 3.90. The molecule has 110 valence electrons. The average Bonchev–Trinajstić information content (AvgIpc) is 2.47. The lowest BCUT2D eigenvalue weighted by molar-refractivity contribution is -0.138. The predicted octanol–water partition coefficient (Wildman–Crippen LogP) is 2.14. The second-order valence-corrected chi connectivity index (χ2v) is 5.07. The number of nitrogens with zero attached hydrogens (tertiary/aromatic N) is 2. The van der Waals surface area contributed by atoms with E-state index in [0.29, 0.717) is 23.9 Å². The molecule has 0 radical (unpaired) electrons. The van der Waals surface area contributed by atoms with Crippen molar-refractivity contribution in [1.82, 2.24) is 9.88 Å². The molecule has 20 heavy (non-hydrogen) atoms. The molecule has 0 aromatic carbocycles. The third-order valence-electron chi connectivity index (χ3n) is 3.19. The summed E-state index contributed by atoms with van der Waals surface area (Å²) < 4.78 is 11.0. The fourth-order valence-electron chi connectivity index (χ4n) is 2.18. The van der Waals surface area contributed by atoms with Crippen molar-refractivity contribution >= 4 is 17.5 Å². The fraction of sp³-hybridized carbons (Fsp3) is 0.571. The van der Waals surface area contributed by atoms with Gasteiger partial charge in [0.15, 0.2) is 0 Å². The molecule has 0 spiro atoms. The first-order chi connectivity index (χ1) is 9.70. The van der Waals surface area contributed by atoms with Gasteiger partial charge in [-0.3, -0.25) is 9.78 Å². The Bertz CT molecular complexity index is 456. The van der Waals surface area contributed by atoms with Crippen molar-refractivity contribution in [3.8, 4) is 5.75 Å². The van der Waals surface area contributed by atoms with Gasteiger partial charge in [-0.25, -0.2) is 0 Å². The first-order valence-corrected chi connectivity index (χ1v) is 7.20. The van der Waals surface area contributed by atoms with Crippen LogP contribution in [0.5, 0.6) is 5.75 Å². The van der Waals surface area contributed by atoms with Crippen LogP contribution in [0.2, 0.25) is 5.02 Å². The van der Waals surface area contributed by atoms with Gasteiger partial charge in [-0.15, -0.1) is 0 Å². The van der Waals surface area contributed by atoms with Crippen LogP contribution in [0.4, 0.5) is 0 Å². The Morgan fingerprint density at radius 1 is 1.60 bits per heavy atom. The Kier molecular flexibility index (Phi) is 5.61. The molecule has 1 atom stereocenters. The molecule has 0 bridgehead atoms. The molecule has 0 unspecified atom stereocenters. The molecule has 5 nitrogen and oxygen atoms in total. The van der Waals surface area contributed by atoms with E-state index in [2.05, 4.69) is 4.98 Å². The van der Waals surface area contributed by atoms with Crippen molar-refractivity contribution in [1.29, 1.82) is 0 Å². The quantitative estimate of drug-likeness (QED) is 0.836. The van der Waals surface area contributed by atoms with E-state index in [4.69, 9.17) is 21.1 Å². The average molecular weight is 299 g/mol. The summed E-state index contributed by atoms with van der Waals surface area (Å²) in [4.78, 5) is 17.6. The Labute approximate surface area is 123 Å². The summed E-state index contributed by atoms with van der Waals surface area (Å²) in [5.41, 5.74) is 0. The lowest BCUT2D eigenvalue weighted by Crippen LogP contribution is -2.45. The maximum Gasteiger partial charge on any atom is 0.248 e. The molecule has 1 aliphatic heterocycles. The number of amides is 1. The van der Waals surface area contributed by atoms with Crippen LogP contribution in [0.1, 0.15) is 19.8 Å². The van der Waals surface area contributed by atoms with Crippen LogP contribution in [-0.2, 0) is 9.53 Å². The summed E-state index contributed by atoms with van der Waals surface area (Å²) >= 11 is 6.02. The van der Waals surface area contributed by atoms with Crippen LogP contribution < -0.4 is 4.74 Å². The van der Waals surface area contributed by atoms with E-state index >= 15 is 0 Å². The standard InChI is InChI=1S/C14H19ClN2O3/c1-2-19-10-14(18)17-7-3-4-11(9-17)20-13-5-6-16-8-12(13)15/h5-6,8,11H,2-4,7,9-10H2,1H3/t11-/m0/s1. The highest BCUT2D eigenvalue weighted by Crippen LogP contribution is 2.25. The van der Waals surface area contributed by atoms with Gasteiger partial charge in [0, 0.05) is 31.6 Å². The highest BCUT2D eigenvalue weighted by atomic mass is 35.5. The van der Waals surface area contributed by atoms with Gasteiger partial charge >= 0.3 is 0 Å². The van der Waals surface area contributed by atoms with Gasteiger partial charge in [-0.1, -0.05) is 11.6 Å². The number of carbonyl (C=O) groups excluding carboxylic acids is 1. The molecule has 0 aliphatic carbocycles. The van der Waals surface area contributed by atoms with Crippen molar-refractivity contribution in [2.75, 3.05) is 26.3 Å². The zero-order chi connectivity index (χ0) is 14.4. The summed E-state index contributed by atoms with van der Waals surface area (Å²) in [5, 5.41) is 0.491. The predicted molar refractivity (Wildman–Crippen MR) is 76.0 cm³/mol. The minimum Gasteiger partial charge on any atom is -0.487 e. The number of rotatable bonds is 5. The minimum atomic E-state index is -0.0331. The van der Waals surface area contributed by atoms with Crippen molar-refractivity contribution in [3.05, 3.63) is 23.5 Å². The number of hydrogen-bond acceptors (Lipinski definition) is 4. The number of hydrogen-bond donors (Lipinski definition) is 0. The van der Waals surface area contributed by atoms with Crippen LogP contribution in [-0.4, -0.2) is 48.2 Å². The number of carbonyl (C=O) groups is 1. The number of pyridine rings is 1. The molecule has 0 N–H and O–H groups in total. The summed E-state index contributed by atoms with van der Waals surface area (Å²) in [7, 11) is 0. The van der Waals surface area contributed by atoms with E-state index in [9.17, 15) is 4.79 Å². The zero-order valence-electron chi connectivity index (χ0n) is 11.5. The SMILES string of the molecule is CCOCC(=O)N1CCC[C@H](Oc2ccncc2Cl)C1. The van der Waals surface area contributed by atoms with Crippen LogP contribution in [0.25, 0.3) is 0 Å². The number of piperidine rings is 1. The van der Waals surface area contributed by atoms with Gasteiger partial charge in [-0.05, 0) is 19.8 Å². The highest BCUT2D eigenvalue weighted by molar-refractivity contribution is 6.31. The Morgan fingerprint density at radius 2 is 2.45 bits per heavy atom. The van der Waals surface area contributed by atoms with Crippen molar-refractivity contribution < 1.29 is 14.3 Å². The van der Waals surface area contributed by atoms with E-state index in [1.54, 1.807) is 23.4 Å². The van der Waals surface area contributed by atoms with E-state index in [1.807, 2.05) is 6.92 Å². The normalized spacial score (nSPS) is 18.9. The second kappa shape index (κ2) is 7.45. The summed E-state index contributed by atoms with van der Waals surface area (Å²) in [6.07, 6.45) is 5.00. The van der Waals surface area contributed by atoms with Crippen molar-refractivity contribution in [2.24, 2.45) is 0 Å². The highest BCUT2D eigenvalue weighted by Gasteiger charge is 2.25. The molecular weight excluding hydrogens is 280 g/mol. The lowest BCUT2D eigenvalue weighted by Gasteiger charge is -2.33.